The lowest BCUT2D eigenvalue weighted by atomic mass is 10.1. The van der Waals surface area contributed by atoms with Gasteiger partial charge in [-0.15, -0.1) is 0 Å². The molecule has 0 bridgehead atoms. The summed E-state index contributed by atoms with van der Waals surface area (Å²) in [5, 5.41) is 3.12. The van der Waals surface area contributed by atoms with E-state index < -0.39 is 11.9 Å². The predicted molar refractivity (Wildman–Crippen MR) is 89.7 cm³/mol. The van der Waals surface area contributed by atoms with Crippen LogP contribution in [0.3, 0.4) is 0 Å². The monoisotopic (exact) mass is 351 g/mol. The van der Waals surface area contributed by atoms with Gasteiger partial charge in [0.2, 0.25) is 0 Å². The maximum Gasteiger partial charge on any atom is 0.326 e. The van der Waals surface area contributed by atoms with Crippen LogP contribution in [0.4, 0.5) is 0 Å². The van der Waals surface area contributed by atoms with Gasteiger partial charge < -0.3 is 10.1 Å². The summed E-state index contributed by atoms with van der Waals surface area (Å²) < 4.78 is 5.26. The number of carbonyl (C=O) groups excluding carboxylic acids is 2. The van der Waals surface area contributed by atoms with E-state index in [1.165, 1.54) is 18.2 Å². The largest absolute Gasteiger partial charge is 0.456 e. The molecule has 0 fully saturated rings. The lowest BCUT2D eigenvalue weighted by Crippen LogP contribution is -2.31. The van der Waals surface area contributed by atoms with Crippen LogP contribution < -0.4 is 5.32 Å². The Morgan fingerprint density at radius 3 is 2.43 bits per heavy atom. The molecule has 2 rings (SSSR count). The second kappa shape index (κ2) is 7.99. The first-order valence-corrected chi connectivity index (χ1v) is 7.70. The van der Waals surface area contributed by atoms with Gasteiger partial charge in [0.25, 0.3) is 5.91 Å². The molecule has 120 valence electrons. The fraction of sp³-hybridized carbons (Fsp3) is 0.176. The van der Waals surface area contributed by atoms with Crippen LogP contribution in [-0.4, -0.2) is 18.4 Å². The van der Waals surface area contributed by atoms with Crippen molar-refractivity contribution in [2.75, 3.05) is 6.54 Å². The third-order valence-electron chi connectivity index (χ3n) is 3.15. The molecule has 0 aromatic heterocycles. The standard InChI is InChI=1S/C17H15Cl2NO3/c1-11(12-5-3-2-4-6-12)23-16(21)10-20-17(22)13-7-8-14(18)15(19)9-13/h2-9,11H,10H2,1H3,(H,20,22)/t11-/m1/s1. The lowest BCUT2D eigenvalue weighted by Gasteiger charge is -2.14. The topological polar surface area (TPSA) is 55.4 Å². The van der Waals surface area contributed by atoms with Crippen molar-refractivity contribution in [2.45, 2.75) is 13.0 Å². The molecule has 6 heteroatoms. The van der Waals surface area contributed by atoms with Gasteiger partial charge in [-0.1, -0.05) is 53.5 Å². The molecule has 1 amide bonds. The molecule has 0 saturated carbocycles. The lowest BCUT2D eigenvalue weighted by molar-refractivity contribution is -0.147. The number of benzene rings is 2. The highest BCUT2D eigenvalue weighted by atomic mass is 35.5. The summed E-state index contributed by atoms with van der Waals surface area (Å²) in [4.78, 5) is 23.7. The van der Waals surface area contributed by atoms with Crippen molar-refractivity contribution >= 4 is 35.1 Å². The van der Waals surface area contributed by atoms with Crippen molar-refractivity contribution in [3.05, 3.63) is 69.7 Å². The van der Waals surface area contributed by atoms with Crippen LogP contribution in [-0.2, 0) is 9.53 Å². The highest BCUT2D eigenvalue weighted by Gasteiger charge is 2.14. The molecule has 4 nitrogen and oxygen atoms in total. The Hall–Kier alpha value is -2.04. The molecule has 0 spiro atoms. The van der Waals surface area contributed by atoms with Gasteiger partial charge in [-0.25, -0.2) is 0 Å². The molecule has 0 saturated heterocycles. The van der Waals surface area contributed by atoms with E-state index in [9.17, 15) is 9.59 Å². The Balaban J connectivity index is 1.86. The fourth-order valence-corrected chi connectivity index (χ4v) is 2.22. The van der Waals surface area contributed by atoms with Crippen molar-refractivity contribution in [2.24, 2.45) is 0 Å². The zero-order valence-corrected chi connectivity index (χ0v) is 13.9. The summed E-state index contributed by atoms with van der Waals surface area (Å²) in [6.45, 7) is 1.55. The molecule has 0 aliphatic rings. The molecule has 1 N–H and O–H groups in total. The van der Waals surface area contributed by atoms with Gasteiger partial charge in [-0.05, 0) is 30.7 Å². The van der Waals surface area contributed by atoms with Crippen LogP contribution >= 0.6 is 23.2 Å². The Morgan fingerprint density at radius 1 is 1.09 bits per heavy atom. The van der Waals surface area contributed by atoms with Crippen LogP contribution in [0.2, 0.25) is 10.0 Å². The predicted octanol–water partition coefficient (Wildman–Crippen LogP) is 4.03. The van der Waals surface area contributed by atoms with E-state index >= 15 is 0 Å². The van der Waals surface area contributed by atoms with E-state index in [1.807, 2.05) is 30.3 Å². The number of hydrogen-bond donors (Lipinski definition) is 1. The van der Waals surface area contributed by atoms with Crippen LogP contribution in [0.15, 0.2) is 48.5 Å². The van der Waals surface area contributed by atoms with E-state index in [1.54, 1.807) is 6.92 Å². The Morgan fingerprint density at radius 2 is 1.78 bits per heavy atom. The van der Waals surface area contributed by atoms with Crippen molar-refractivity contribution < 1.29 is 14.3 Å². The molecule has 0 aliphatic heterocycles. The highest BCUT2D eigenvalue weighted by molar-refractivity contribution is 6.42. The van der Waals surface area contributed by atoms with E-state index in [4.69, 9.17) is 27.9 Å². The van der Waals surface area contributed by atoms with Gasteiger partial charge in [0.05, 0.1) is 10.0 Å². The second-order valence-corrected chi connectivity index (χ2v) is 5.67. The minimum Gasteiger partial charge on any atom is -0.456 e. The number of rotatable bonds is 5. The van der Waals surface area contributed by atoms with Crippen molar-refractivity contribution in [1.29, 1.82) is 0 Å². The van der Waals surface area contributed by atoms with Gasteiger partial charge in [0.1, 0.15) is 12.6 Å². The number of esters is 1. The minimum absolute atomic E-state index is 0.226. The summed E-state index contributed by atoms with van der Waals surface area (Å²) in [6, 6.07) is 13.8. The van der Waals surface area contributed by atoms with E-state index in [2.05, 4.69) is 5.32 Å². The average molecular weight is 352 g/mol. The number of carbonyl (C=O) groups is 2. The smallest absolute Gasteiger partial charge is 0.326 e. The minimum atomic E-state index is -0.519. The first-order chi connectivity index (χ1) is 11.0. The van der Waals surface area contributed by atoms with Gasteiger partial charge in [0, 0.05) is 5.56 Å². The molecule has 1 atom stereocenters. The molecule has 0 heterocycles. The number of hydrogen-bond acceptors (Lipinski definition) is 3. The maximum absolute atomic E-state index is 11.9. The van der Waals surface area contributed by atoms with E-state index in [0.717, 1.165) is 5.56 Å². The highest BCUT2D eigenvalue weighted by Crippen LogP contribution is 2.22. The van der Waals surface area contributed by atoms with Crippen LogP contribution in [0.25, 0.3) is 0 Å². The van der Waals surface area contributed by atoms with Crippen LogP contribution in [0.5, 0.6) is 0 Å². The van der Waals surface area contributed by atoms with Gasteiger partial charge in [0.15, 0.2) is 0 Å². The molecule has 2 aromatic rings. The first kappa shape index (κ1) is 17.3. The molecular weight excluding hydrogens is 337 g/mol. The first-order valence-electron chi connectivity index (χ1n) is 6.95. The molecule has 23 heavy (non-hydrogen) atoms. The molecule has 0 aliphatic carbocycles. The van der Waals surface area contributed by atoms with Crippen LogP contribution in [0, 0.1) is 0 Å². The zero-order valence-electron chi connectivity index (χ0n) is 12.4. The summed E-state index contributed by atoms with van der Waals surface area (Å²) in [6.07, 6.45) is -0.384. The number of nitrogens with one attached hydrogen (secondary N) is 1. The normalized spacial score (nSPS) is 11.6. The van der Waals surface area contributed by atoms with Crippen molar-refractivity contribution in [3.8, 4) is 0 Å². The van der Waals surface area contributed by atoms with Crippen LogP contribution in [0.1, 0.15) is 28.9 Å². The van der Waals surface area contributed by atoms with Crippen molar-refractivity contribution in [3.63, 3.8) is 0 Å². The number of amides is 1. The van der Waals surface area contributed by atoms with Crippen molar-refractivity contribution in [1.82, 2.24) is 5.32 Å². The number of ether oxygens (including phenoxy) is 1. The Kier molecular flexibility index (Phi) is 6.02. The zero-order chi connectivity index (χ0) is 16.8. The quantitative estimate of drug-likeness (QED) is 0.827. The van der Waals surface area contributed by atoms with Gasteiger partial charge in [-0.3, -0.25) is 9.59 Å². The summed E-state index contributed by atoms with van der Waals surface area (Å²) in [5.74, 6) is -0.942. The van der Waals surface area contributed by atoms with Gasteiger partial charge >= 0.3 is 5.97 Å². The fourth-order valence-electron chi connectivity index (χ4n) is 1.92. The number of halogens is 2. The van der Waals surface area contributed by atoms with Gasteiger partial charge in [-0.2, -0.15) is 0 Å². The summed E-state index contributed by atoms with van der Waals surface area (Å²) in [7, 11) is 0. The third-order valence-corrected chi connectivity index (χ3v) is 3.89. The third kappa shape index (κ3) is 4.98. The second-order valence-electron chi connectivity index (χ2n) is 4.85. The molecule has 2 aromatic carbocycles. The SMILES string of the molecule is C[C@@H](OC(=O)CNC(=O)c1ccc(Cl)c(Cl)c1)c1ccccc1. The Labute approximate surface area is 144 Å². The van der Waals surface area contributed by atoms with E-state index in [0.29, 0.717) is 10.6 Å². The maximum atomic E-state index is 11.9. The summed E-state index contributed by atoms with van der Waals surface area (Å²) >= 11 is 11.6. The van der Waals surface area contributed by atoms with E-state index in [-0.39, 0.29) is 17.7 Å². The molecule has 0 radical (unpaired) electrons. The average Bonchev–Trinajstić information content (AvgIpc) is 2.56. The molecular formula is C17H15Cl2NO3. The molecule has 0 unspecified atom stereocenters. The Bertz CT molecular complexity index is 704. The summed E-state index contributed by atoms with van der Waals surface area (Å²) in [5.41, 5.74) is 1.21.